The Labute approximate surface area is 109 Å². The third-order valence-corrected chi connectivity index (χ3v) is 2.20. The van der Waals surface area contributed by atoms with Crippen LogP contribution in [-0.4, -0.2) is 10.2 Å². The van der Waals surface area contributed by atoms with Crippen molar-refractivity contribution in [3.05, 3.63) is 41.6 Å². The first-order chi connectivity index (χ1) is 9.27. The van der Waals surface area contributed by atoms with Crippen molar-refractivity contribution in [1.29, 1.82) is 0 Å². The number of ether oxygens (including phenoxy) is 1. The molecule has 4 nitrogen and oxygen atoms in total. The van der Waals surface area contributed by atoms with E-state index < -0.39 is 40.8 Å². The molecule has 2 N–H and O–H groups in total. The van der Waals surface area contributed by atoms with Gasteiger partial charge in [0.05, 0.1) is 5.69 Å². The Bertz CT molecular complexity index is 627. The predicted octanol–water partition coefficient (Wildman–Crippen LogP) is 3.15. The third kappa shape index (κ3) is 2.92. The summed E-state index contributed by atoms with van der Waals surface area (Å²) < 4.78 is 68.0. The van der Waals surface area contributed by atoms with Crippen molar-refractivity contribution in [1.82, 2.24) is 10.2 Å². The van der Waals surface area contributed by atoms with Crippen molar-refractivity contribution in [2.45, 2.75) is 6.18 Å². The van der Waals surface area contributed by atoms with E-state index in [1.165, 1.54) is 0 Å². The van der Waals surface area contributed by atoms with Crippen LogP contribution in [0.2, 0.25) is 0 Å². The molecular weight excluding hydrogens is 285 g/mol. The number of nitrogens with two attached hydrogens (primary N) is 1. The molecule has 1 heterocycles. The summed E-state index contributed by atoms with van der Waals surface area (Å²) in [5.41, 5.74) is 3.48. The molecule has 1 aromatic carbocycles. The molecule has 20 heavy (non-hydrogen) atoms. The molecule has 0 aliphatic carbocycles. The minimum absolute atomic E-state index is 0.416. The summed E-state index contributed by atoms with van der Waals surface area (Å²) in [6.45, 7) is 0. The second-order valence-electron chi connectivity index (χ2n) is 3.66. The Morgan fingerprint density at radius 2 is 1.70 bits per heavy atom. The van der Waals surface area contributed by atoms with Crippen molar-refractivity contribution in [3.63, 3.8) is 0 Å². The van der Waals surface area contributed by atoms with E-state index in [4.69, 9.17) is 10.5 Å². The molecule has 0 aliphatic rings. The number of anilines is 1. The number of benzene rings is 1. The minimum atomic E-state index is -4.65. The van der Waals surface area contributed by atoms with E-state index in [2.05, 4.69) is 10.2 Å². The lowest BCUT2D eigenvalue weighted by atomic mass is 10.3. The summed E-state index contributed by atoms with van der Waals surface area (Å²) >= 11 is 0. The van der Waals surface area contributed by atoms with Crippen LogP contribution >= 0.6 is 0 Å². The quantitative estimate of drug-likeness (QED) is 0.682. The van der Waals surface area contributed by atoms with Crippen LogP contribution in [0.5, 0.6) is 11.6 Å². The Balaban J connectivity index is 2.25. The van der Waals surface area contributed by atoms with Crippen molar-refractivity contribution >= 4 is 5.69 Å². The maximum atomic E-state index is 13.4. The Morgan fingerprint density at radius 3 is 2.25 bits per heavy atom. The molecule has 0 bridgehead atoms. The van der Waals surface area contributed by atoms with E-state index in [1.54, 1.807) is 0 Å². The van der Waals surface area contributed by atoms with Crippen LogP contribution in [0.15, 0.2) is 24.3 Å². The predicted molar refractivity (Wildman–Crippen MR) is 57.9 cm³/mol. The SMILES string of the molecule is Nc1cc(F)c(Oc2ccc(C(F)(F)F)nn2)cc1F. The number of alkyl halides is 3. The lowest BCUT2D eigenvalue weighted by Gasteiger charge is -2.08. The van der Waals surface area contributed by atoms with Crippen LogP contribution in [0.25, 0.3) is 0 Å². The maximum absolute atomic E-state index is 13.4. The number of rotatable bonds is 2. The molecule has 0 aliphatic heterocycles. The second-order valence-corrected chi connectivity index (χ2v) is 3.66. The number of nitrogens with zero attached hydrogens (tertiary/aromatic N) is 2. The molecule has 0 fully saturated rings. The fourth-order valence-electron chi connectivity index (χ4n) is 1.26. The van der Waals surface area contributed by atoms with Crippen molar-refractivity contribution in [2.75, 3.05) is 5.73 Å². The first kappa shape index (κ1) is 14.0. The zero-order valence-corrected chi connectivity index (χ0v) is 9.58. The van der Waals surface area contributed by atoms with Gasteiger partial charge in [0.15, 0.2) is 17.3 Å². The molecule has 0 atom stereocenters. The van der Waals surface area contributed by atoms with Gasteiger partial charge in [0.25, 0.3) is 0 Å². The van der Waals surface area contributed by atoms with Gasteiger partial charge < -0.3 is 10.5 Å². The molecule has 0 unspecified atom stereocenters. The van der Waals surface area contributed by atoms with Gasteiger partial charge in [-0.25, -0.2) is 8.78 Å². The molecular formula is C11H6F5N3O. The van der Waals surface area contributed by atoms with E-state index >= 15 is 0 Å². The van der Waals surface area contributed by atoms with Crippen LogP contribution < -0.4 is 10.5 Å². The minimum Gasteiger partial charge on any atom is -0.434 e. The van der Waals surface area contributed by atoms with Crippen LogP contribution in [0.4, 0.5) is 27.6 Å². The summed E-state index contributed by atoms with van der Waals surface area (Å²) in [5.74, 6) is -2.89. The highest BCUT2D eigenvalue weighted by molar-refractivity contribution is 5.45. The molecule has 0 radical (unpaired) electrons. The fourth-order valence-corrected chi connectivity index (χ4v) is 1.26. The topological polar surface area (TPSA) is 61.0 Å². The van der Waals surface area contributed by atoms with Crippen molar-refractivity contribution in [2.24, 2.45) is 0 Å². The summed E-state index contributed by atoms with van der Waals surface area (Å²) in [4.78, 5) is 0. The molecule has 2 aromatic rings. The first-order valence-corrected chi connectivity index (χ1v) is 5.10. The van der Waals surface area contributed by atoms with E-state index in [0.29, 0.717) is 18.2 Å². The van der Waals surface area contributed by atoms with Gasteiger partial charge in [-0.1, -0.05) is 0 Å². The summed E-state index contributed by atoms with van der Waals surface area (Å²) in [7, 11) is 0. The summed E-state index contributed by atoms with van der Waals surface area (Å²) in [6.07, 6.45) is -4.65. The first-order valence-electron chi connectivity index (χ1n) is 5.10. The summed E-state index contributed by atoms with van der Waals surface area (Å²) in [5, 5.41) is 6.00. The van der Waals surface area contributed by atoms with E-state index in [-0.39, 0.29) is 0 Å². The lowest BCUT2D eigenvalue weighted by molar-refractivity contribution is -0.141. The van der Waals surface area contributed by atoms with Gasteiger partial charge in [-0.15, -0.1) is 10.2 Å². The second kappa shape index (κ2) is 4.91. The molecule has 0 saturated heterocycles. The van der Waals surface area contributed by atoms with Gasteiger partial charge in [0, 0.05) is 18.2 Å². The Morgan fingerprint density at radius 1 is 1.00 bits per heavy atom. The molecule has 0 amide bonds. The molecule has 9 heteroatoms. The summed E-state index contributed by atoms with van der Waals surface area (Å²) in [6, 6.07) is 2.78. The van der Waals surface area contributed by atoms with E-state index in [1.807, 2.05) is 0 Å². The van der Waals surface area contributed by atoms with Crippen LogP contribution in [-0.2, 0) is 6.18 Å². The maximum Gasteiger partial charge on any atom is 0.435 e. The highest BCUT2D eigenvalue weighted by Gasteiger charge is 2.33. The van der Waals surface area contributed by atoms with Crippen molar-refractivity contribution in [3.8, 4) is 11.6 Å². The molecule has 1 aromatic heterocycles. The largest absolute Gasteiger partial charge is 0.435 e. The standard InChI is InChI=1S/C11H6F5N3O/c12-5-4-8(6(13)3-7(5)17)20-10-2-1-9(18-19-10)11(14,15)16/h1-4H,17H2. The Kier molecular flexibility index (Phi) is 3.43. The normalized spacial score (nSPS) is 11.4. The van der Waals surface area contributed by atoms with Gasteiger partial charge >= 0.3 is 6.18 Å². The molecule has 0 spiro atoms. The zero-order valence-electron chi connectivity index (χ0n) is 9.58. The number of aromatic nitrogens is 2. The number of hydrogen-bond donors (Lipinski definition) is 1. The lowest BCUT2D eigenvalue weighted by Crippen LogP contribution is -2.09. The van der Waals surface area contributed by atoms with E-state index in [9.17, 15) is 22.0 Å². The van der Waals surface area contributed by atoms with Crippen LogP contribution in [0.3, 0.4) is 0 Å². The highest BCUT2D eigenvalue weighted by atomic mass is 19.4. The number of nitrogen functional groups attached to an aromatic ring is 1. The smallest absolute Gasteiger partial charge is 0.434 e. The van der Waals surface area contributed by atoms with Crippen LogP contribution in [0.1, 0.15) is 5.69 Å². The number of halogens is 5. The van der Waals surface area contributed by atoms with Gasteiger partial charge in [-0.05, 0) is 6.07 Å². The van der Waals surface area contributed by atoms with Gasteiger partial charge in [0.2, 0.25) is 5.88 Å². The van der Waals surface area contributed by atoms with E-state index in [0.717, 1.165) is 6.07 Å². The fraction of sp³-hybridized carbons (Fsp3) is 0.0909. The van der Waals surface area contributed by atoms with Gasteiger partial charge in [0.1, 0.15) is 5.82 Å². The number of hydrogen-bond acceptors (Lipinski definition) is 4. The molecule has 106 valence electrons. The third-order valence-electron chi connectivity index (χ3n) is 2.20. The molecule has 0 saturated carbocycles. The highest BCUT2D eigenvalue weighted by Crippen LogP contribution is 2.29. The average molecular weight is 291 g/mol. The van der Waals surface area contributed by atoms with Gasteiger partial charge in [-0.2, -0.15) is 13.2 Å². The van der Waals surface area contributed by atoms with Gasteiger partial charge in [-0.3, -0.25) is 0 Å². The zero-order chi connectivity index (χ0) is 14.9. The van der Waals surface area contributed by atoms with Crippen LogP contribution in [0, 0.1) is 11.6 Å². The monoisotopic (exact) mass is 291 g/mol. The average Bonchev–Trinajstić information content (AvgIpc) is 2.35. The van der Waals surface area contributed by atoms with Crippen molar-refractivity contribution < 1.29 is 26.7 Å². The molecule has 2 rings (SSSR count). The Hall–Kier alpha value is -2.45.